The van der Waals surface area contributed by atoms with Crippen LogP contribution < -0.4 is 9.47 Å². The lowest BCUT2D eigenvalue weighted by Crippen LogP contribution is -2.13. The molecule has 0 atom stereocenters. The van der Waals surface area contributed by atoms with Crippen LogP contribution in [0.5, 0.6) is 11.5 Å². The zero-order chi connectivity index (χ0) is 12.6. The summed E-state index contributed by atoms with van der Waals surface area (Å²) in [5.74, 6) is 0.405. The molecule has 0 amide bonds. The van der Waals surface area contributed by atoms with Gasteiger partial charge in [0.1, 0.15) is 5.82 Å². The second-order valence-electron chi connectivity index (χ2n) is 4.29. The molecule has 0 spiro atoms. The SMILES string of the molecule is COc1c(Br)cc(F)c(CC2(O)CC2)c1OC. The van der Waals surface area contributed by atoms with E-state index in [1.165, 1.54) is 20.3 Å². The van der Waals surface area contributed by atoms with E-state index < -0.39 is 11.4 Å². The van der Waals surface area contributed by atoms with Crippen LogP contribution >= 0.6 is 15.9 Å². The molecule has 1 aliphatic rings. The Balaban J connectivity index is 2.48. The number of benzene rings is 1. The molecule has 94 valence electrons. The summed E-state index contributed by atoms with van der Waals surface area (Å²) in [5.41, 5.74) is -0.403. The number of methoxy groups -OCH3 is 2. The lowest BCUT2D eigenvalue weighted by molar-refractivity contribution is 0.148. The Morgan fingerprint density at radius 1 is 1.35 bits per heavy atom. The molecular weight excluding hydrogens is 291 g/mol. The molecular formula is C12H14BrFO3. The summed E-state index contributed by atoms with van der Waals surface area (Å²) in [6, 6.07) is 1.34. The molecule has 0 radical (unpaired) electrons. The van der Waals surface area contributed by atoms with Crippen LogP contribution in [0.2, 0.25) is 0 Å². The zero-order valence-electron chi connectivity index (χ0n) is 9.72. The van der Waals surface area contributed by atoms with Gasteiger partial charge in [0.05, 0.1) is 24.3 Å². The Kier molecular flexibility index (Phi) is 3.32. The van der Waals surface area contributed by atoms with Gasteiger partial charge in [0, 0.05) is 12.0 Å². The van der Waals surface area contributed by atoms with Crippen molar-refractivity contribution in [2.24, 2.45) is 0 Å². The van der Waals surface area contributed by atoms with Gasteiger partial charge in [-0.05, 0) is 34.8 Å². The Morgan fingerprint density at radius 2 is 1.94 bits per heavy atom. The van der Waals surface area contributed by atoms with Crippen molar-refractivity contribution in [2.45, 2.75) is 24.9 Å². The maximum atomic E-state index is 13.9. The predicted octanol–water partition coefficient (Wildman–Crippen LogP) is 2.67. The molecule has 0 saturated heterocycles. The zero-order valence-corrected chi connectivity index (χ0v) is 11.3. The van der Waals surface area contributed by atoms with Gasteiger partial charge >= 0.3 is 0 Å². The minimum Gasteiger partial charge on any atom is -0.492 e. The standard InChI is InChI=1S/C12H14BrFO3/c1-16-10-7(6-12(15)3-4-12)9(14)5-8(13)11(10)17-2/h5,15H,3-4,6H2,1-2H3. The van der Waals surface area contributed by atoms with Crippen molar-refractivity contribution >= 4 is 15.9 Å². The molecule has 1 aliphatic carbocycles. The Labute approximate surface area is 108 Å². The molecule has 0 unspecified atom stereocenters. The van der Waals surface area contributed by atoms with E-state index in [0.29, 0.717) is 34.4 Å². The highest BCUT2D eigenvalue weighted by atomic mass is 79.9. The van der Waals surface area contributed by atoms with Gasteiger partial charge in [-0.1, -0.05) is 0 Å². The molecule has 0 aliphatic heterocycles. The van der Waals surface area contributed by atoms with Gasteiger partial charge in [0.25, 0.3) is 0 Å². The highest BCUT2D eigenvalue weighted by Gasteiger charge is 2.42. The number of hydrogen-bond donors (Lipinski definition) is 1. The molecule has 1 fully saturated rings. The van der Waals surface area contributed by atoms with Crippen molar-refractivity contribution in [1.29, 1.82) is 0 Å². The van der Waals surface area contributed by atoms with E-state index >= 15 is 0 Å². The topological polar surface area (TPSA) is 38.7 Å². The summed E-state index contributed by atoms with van der Waals surface area (Å²) >= 11 is 3.22. The predicted molar refractivity (Wildman–Crippen MR) is 65.1 cm³/mol. The maximum Gasteiger partial charge on any atom is 0.175 e. The molecule has 3 nitrogen and oxygen atoms in total. The average molecular weight is 305 g/mol. The molecule has 0 bridgehead atoms. The van der Waals surface area contributed by atoms with Crippen LogP contribution in [0.3, 0.4) is 0 Å². The maximum absolute atomic E-state index is 13.9. The Hall–Kier alpha value is -0.810. The summed E-state index contributed by atoms with van der Waals surface area (Å²) in [4.78, 5) is 0. The molecule has 2 rings (SSSR count). The van der Waals surface area contributed by atoms with Gasteiger partial charge in [-0.25, -0.2) is 4.39 Å². The molecule has 1 aromatic carbocycles. The van der Waals surface area contributed by atoms with Crippen LogP contribution in [0.4, 0.5) is 4.39 Å². The fraction of sp³-hybridized carbons (Fsp3) is 0.500. The van der Waals surface area contributed by atoms with Crippen LogP contribution in [0.1, 0.15) is 18.4 Å². The Morgan fingerprint density at radius 3 is 2.41 bits per heavy atom. The average Bonchev–Trinajstić information content (AvgIpc) is 3.00. The normalized spacial score (nSPS) is 16.8. The Bertz CT molecular complexity index is 444. The van der Waals surface area contributed by atoms with Gasteiger partial charge < -0.3 is 14.6 Å². The summed E-state index contributed by atoms with van der Waals surface area (Å²) in [7, 11) is 2.96. The van der Waals surface area contributed by atoms with E-state index in [4.69, 9.17) is 9.47 Å². The van der Waals surface area contributed by atoms with E-state index in [-0.39, 0.29) is 6.42 Å². The smallest absolute Gasteiger partial charge is 0.175 e. The van der Waals surface area contributed by atoms with E-state index in [9.17, 15) is 9.50 Å². The first-order valence-electron chi connectivity index (χ1n) is 5.32. The highest BCUT2D eigenvalue weighted by Crippen LogP contribution is 2.45. The van der Waals surface area contributed by atoms with E-state index in [1.54, 1.807) is 0 Å². The van der Waals surface area contributed by atoms with Crippen molar-refractivity contribution in [2.75, 3.05) is 14.2 Å². The number of aliphatic hydroxyl groups is 1. The third-order valence-corrected chi connectivity index (χ3v) is 3.57. The first-order valence-corrected chi connectivity index (χ1v) is 6.11. The minimum atomic E-state index is -0.771. The van der Waals surface area contributed by atoms with Gasteiger partial charge in [0.15, 0.2) is 11.5 Å². The molecule has 0 aromatic heterocycles. The molecule has 1 saturated carbocycles. The van der Waals surface area contributed by atoms with Gasteiger partial charge in [-0.2, -0.15) is 0 Å². The van der Waals surface area contributed by atoms with Crippen LogP contribution in [0, 0.1) is 5.82 Å². The van der Waals surface area contributed by atoms with Crippen LogP contribution in [-0.2, 0) is 6.42 Å². The van der Waals surface area contributed by atoms with E-state index in [0.717, 1.165) is 0 Å². The van der Waals surface area contributed by atoms with Crippen LogP contribution in [0.25, 0.3) is 0 Å². The largest absolute Gasteiger partial charge is 0.492 e. The molecule has 1 N–H and O–H groups in total. The van der Waals surface area contributed by atoms with Gasteiger partial charge in [-0.15, -0.1) is 0 Å². The summed E-state index contributed by atoms with van der Waals surface area (Å²) < 4.78 is 24.8. The second-order valence-corrected chi connectivity index (χ2v) is 5.14. The molecule has 17 heavy (non-hydrogen) atoms. The molecule has 5 heteroatoms. The van der Waals surface area contributed by atoms with E-state index in [1.807, 2.05) is 0 Å². The number of hydrogen-bond acceptors (Lipinski definition) is 3. The van der Waals surface area contributed by atoms with Crippen molar-refractivity contribution in [3.8, 4) is 11.5 Å². The third-order valence-electron chi connectivity index (χ3n) is 2.98. The number of halogens is 2. The lowest BCUT2D eigenvalue weighted by Gasteiger charge is -2.17. The number of ether oxygens (including phenoxy) is 2. The van der Waals surface area contributed by atoms with E-state index in [2.05, 4.69) is 15.9 Å². The summed E-state index contributed by atoms with van der Waals surface area (Å²) in [6.07, 6.45) is 1.66. The van der Waals surface area contributed by atoms with Crippen LogP contribution in [-0.4, -0.2) is 24.9 Å². The van der Waals surface area contributed by atoms with Crippen molar-refractivity contribution in [3.05, 3.63) is 21.9 Å². The first kappa shape index (κ1) is 12.6. The van der Waals surface area contributed by atoms with Gasteiger partial charge in [0.2, 0.25) is 0 Å². The lowest BCUT2D eigenvalue weighted by atomic mass is 10.0. The number of rotatable bonds is 4. The molecule has 0 heterocycles. The first-order chi connectivity index (χ1) is 8.00. The second kappa shape index (κ2) is 4.46. The summed E-state index contributed by atoms with van der Waals surface area (Å²) in [6.45, 7) is 0. The monoisotopic (exact) mass is 304 g/mol. The summed E-state index contributed by atoms with van der Waals surface area (Å²) in [5, 5.41) is 9.88. The van der Waals surface area contributed by atoms with Crippen molar-refractivity contribution in [1.82, 2.24) is 0 Å². The quantitative estimate of drug-likeness (QED) is 0.929. The van der Waals surface area contributed by atoms with Gasteiger partial charge in [-0.3, -0.25) is 0 Å². The fourth-order valence-electron chi connectivity index (χ4n) is 1.84. The minimum absolute atomic E-state index is 0.256. The van der Waals surface area contributed by atoms with Crippen LogP contribution in [0.15, 0.2) is 10.5 Å². The fourth-order valence-corrected chi connectivity index (χ4v) is 2.38. The van der Waals surface area contributed by atoms with Crippen molar-refractivity contribution < 1.29 is 19.0 Å². The van der Waals surface area contributed by atoms with Crippen molar-refractivity contribution in [3.63, 3.8) is 0 Å². The molecule has 1 aromatic rings. The third kappa shape index (κ3) is 2.40. The highest BCUT2D eigenvalue weighted by molar-refractivity contribution is 9.10.